The number of nitrogens with zero attached hydrogens (tertiary/aromatic N) is 2. The van der Waals surface area contributed by atoms with E-state index in [2.05, 4.69) is 21.2 Å². The van der Waals surface area contributed by atoms with Crippen molar-refractivity contribution < 1.29 is 18.0 Å². The third kappa shape index (κ3) is 8.96. The van der Waals surface area contributed by atoms with Crippen LogP contribution in [-0.4, -0.2) is 43.8 Å². The number of halogens is 2. The first-order valence-corrected chi connectivity index (χ1v) is 17.3. The van der Waals surface area contributed by atoms with Gasteiger partial charge in [-0.3, -0.25) is 13.9 Å². The van der Waals surface area contributed by atoms with Crippen molar-refractivity contribution in [1.82, 2.24) is 10.2 Å². The third-order valence-electron chi connectivity index (χ3n) is 7.55. The quantitative estimate of drug-likeness (QED) is 0.160. The van der Waals surface area contributed by atoms with Crippen LogP contribution in [0, 0.1) is 6.92 Å². The Morgan fingerprint density at radius 3 is 2.22 bits per heavy atom. The molecule has 0 heterocycles. The lowest BCUT2D eigenvalue weighted by Crippen LogP contribution is -2.54. The van der Waals surface area contributed by atoms with Crippen LogP contribution in [0.4, 0.5) is 5.69 Å². The Morgan fingerprint density at radius 2 is 1.58 bits per heavy atom. The van der Waals surface area contributed by atoms with E-state index in [0.717, 1.165) is 15.4 Å². The Hall–Kier alpha value is -3.66. The Bertz CT molecular complexity index is 1720. The number of nitrogens with one attached hydrogen (secondary N) is 1. The fourth-order valence-electron chi connectivity index (χ4n) is 4.80. The smallest absolute Gasteiger partial charge is 0.264 e. The first-order valence-electron chi connectivity index (χ1n) is 14.7. The standard InChI is InChI=1S/C35H37BrClN3O4S/c1-4-26(3)38-35(42)33(21-27-11-6-5-7-12-27)39(23-28-13-8-9-16-32(28)37)34(41)24-40(30-15-10-14-29(36)22-30)45(43,44)31-19-17-25(2)18-20-31/h5-20,22,26,33H,4,21,23-24H2,1-3H3,(H,38,42)/t26-,33+/m0/s1. The average molecular weight is 711 g/mol. The predicted molar refractivity (Wildman–Crippen MR) is 184 cm³/mol. The largest absolute Gasteiger partial charge is 0.352 e. The molecule has 0 saturated heterocycles. The molecule has 0 saturated carbocycles. The molecule has 2 amide bonds. The zero-order valence-electron chi connectivity index (χ0n) is 25.5. The molecule has 0 spiro atoms. The molecular formula is C35H37BrClN3O4S. The summed E-state index contributed by atoms with van der Waals surface area (Å²) >= 11 is 9.99. The molecule has 0 fully saturated rings. The fraction of sp³-hybridized carbons (Fsp3) is 0.257. The van der Waals surface area contributed by atoms with Crippen LogP contribution < -0.4 is 9.62 Å². The second kappa shape index (κ2) is 15.6. The summed E-state index contributed by atoms with van der Waals surface area (Å²) in [6.45, 7) is 5.20. The van der Waals surface area contributed by atoms with Gasteiger partial charge in [-0.15, -0.1) is 0 Å². The van der Waals surface area contributed by atoms with Crippen molar-refractivity contribution in [2.75, 3.05) is 10.8 Å². The zero-order chi connectivity index (χ0) is 32.6. The zero-order valence-corrected chi connectivity index (χ0v) is 28.6. The fourth-order valence-corrected chi connectivity index (χ4v) is 6.79. The monoisotopic (exact) mass is 709 g/mol. The van der Waals surface area contributed by atoms with Gasteiger partial charge in [-0.25, -0.2) is 8.42 Å². The van der Waals surface area contributed by atoms with Gasteiger partial charge >= 0.3 is 0 Å². The molecule has 4 aromatic rings. The number of aryl methyl sites for hydroxylation is 1. The van der Waals surface area contributed by atoms with E-state index < -0.39 is 28.5 Å². The van der Waals surface area contributed by atoms with Crippen molar-refractivity contribution in [3.63, 3.8) is 0 Å². The molecule has 2 atom stereocenters. The van der Waals surface area contributed by atoms with E-state index in [-0.39, 0.29) is 29.8 Å². The van der Waals surface area contributed by atoms with Crippen molar-refractivity contribution in [3.05, 3.63) is 129 Å². The Morgan fingerprint density at radius 1 is 0.911 bits per heavy atom. The van der Waals surface area contributed by atoms with Crippen LogP contribution in [0.5, 0.6) is 0 Å². The van der Waals surface area contributed by atoms with E-state index in [1.54, 1.807) is 54.6 Å². The summed E-state index contributed by atoms with van der Waals surface area (Å²) in [6, 6.07) is 28.7. The molecule has 4 rings (SSSR count). The summed E-state index contributed by atoms with van der Waals surface area (Å²) in [5, 5.41) is 3.47. The van der Waals surface area contributed by atoms with Gasteiger partial charge in [0, 0.05) is 28.5 Å². The van der Waals surface area contributed by atoms with E-state index in [1.165, 1.54) is 17.0 Å². The van der Waals surface area contributed by atoms with E-state index >= 15 is 0 Å². The molecule has 1 N–H and O–H groups in total. The number of anilines is 1. The Kier molecular flexibility index (Phi) is 11.8. The highest BCUT2D eigenvalue weighted by Crippen LogP contribution is 2.28. The molecule has 4 aromatic carbocycles. The number of sulfonamides is 1. The molecule has 7 nitrogen and oxygen atoms in total. The van der Waals surface area contributed by atoms with E-state index in [1.807, 2.05) is 57.2 Å². The lowest BCUT2D eigenvalue weighted by molar-refractivity contribution is -0.140. The number of rotatable bonds is 13. The van der Waals surface area contributed by atoms with Gasteiger partial charge < -0.3 is 10.2 Å². The molecule has 10 heteroatoms. The van der Waals surface area contributed by atoms with Crippen molar-refractivity contribution in [3.8, 4) is 0 Å². The molecule has 45 heavy (non-hydrogen) atoms. The molecule has 0 unspecified atom stereocenters. The number of carbonyl (C=O) groups excluding carboxylic acids is 2. The molecule has 0 bridgehead atoms. The van der Waals surface area contributed by atoms with Crippen molar-refractivity contribution >= 4 is 55.1 Å². The molecule has 0 aliphatic rings. The minimum Gasteiger partial charge on any atom is -0.352 e. The van der Waals surface area contributed by atoms with Crippen LogP contribution in [0.1, 0.15) is 37.0 Å². The minimum absolute atomic E-state index is 0.000830. The lowest BCUT2D eigenvalue weighted by Gasteiger charge is -2.34. The third-order valence-corrected chi connectivity index (χ3v) is 10.2. The van der Waals surface area contributed by atoms with Crippen LogP contribution in [-0.2, 0) is 32.6 Å². The first kappa shape index (κ1) is 34.2. The van der Waals surface area contributed by atoms with Crippen molar-refractivity contribution in [2.45, 2.75) is 57.1 Å². The summed E-state index contributed by atoms with van der Waals surface area (Å²) in [5.74, 6) is -0.880. The van der Waals surface area contributed by atoms with Crippen molar-refractivity contribution in [2.24, 2.45) is 0 Å². The van der Waals surface area contributed by atoms with E-state index in [0.29, 0.717) is 27.2 Å². The van der Waals surface area contributed by atoms with E-state index in [9.17, 15) is 18.0 Å². The highest BCUT2D eigenvalue weighted by Gasteiger charge is 2.35. The van der Waals surface area contributed by atoms with Gasteiger partial charge in [-0.05, 0) is 67.8 Å². The van der Waals surface area contributed by atoms with Gasteiger partial charge in [0.15, 0.2) is 0 Å². The van der Waals surface area contributed by atoms with Gasteiger partial charge in [0.05, 0.1) is 10.6 Å². The molecule has 0 aromatic heterocycles. The number of amides is 2. The average Bonchev–Trinajstić information content (AvgIpc) is 3.02. The normalized spacial score (nSPS) is 12.6. The second-order valence-corrected chi connectivity index (χ2v) is 14.1. The maximum absolute atomic E-state index is 14.5. The van der Waals surface area contributed by atoms with Gasteiger partial charge in [-0.2, -0.15) is 0 Å². The van der Waals surface area contributed by atoms with Gasteiger partial charge in [0.25, 0.3) is 10.0 Å². The summed E-state index contributed by atoms with van der Waals surface area (Å²) in [7, 11) is -4.19. The number of carbonyl (C=O) groups is 2. The number of benzene rings is 4. The van der Waals surface area contributed by atoms with Gasteiger partial charge in [0.1, 0.15) is 12.6 Å². The summed E-state index contributed by atoms with van der Waals surface area (Å²) in [5.41, 5.74) is 2.70. The van der Waals surface area contributed by atoms with Crippen LogP contribution in [0.2, 0.25) is 5.02 Å². The minimum atomic E-state index is -4.19. The topological polar surface area (TPSA) is 86.8 Å². The summed E-state index contributed by atoms with van der Waals surface area (Å²) < 4.78 is 30.0. The number of hydrogen-bond donors (Lipinski definition) is 1. The molecule has 0 aliphatic heterocycles. The van der Waals surface area contributed by atoms with Gasteiger partial charge in [0.2, 0.25) is 11.8 Å². The summed E-state index contributed by atoms with van der Waals surface area (Å²) in [6.07, 6.45) is 0.925. The van der Waals surface area contributed by atoms with Crippen LogP contribution in [0.3, 0.4) is 0 Å². The van der Waals surface area contributed by atoms with Gasteiger partial charge in [-0.1, -0.05) is 107 Å². The van der Waals surface area contributed by atoms with E-state index in [4.69, 9.17) is 11.6 Å². The predicted octanol–water partition coefficient (Wildman–Crippen LogP) is 7.16. The molecule has 236 valence electrons. The maximum Gasteiger partial charge on any atom is 0.264 e. The van der Waals surface area contributed by atoms with Crippen LogP contribution >= 0.6 is 27.5 Å². The van der Waals surface area contributed by atoms with Crippen LogP contribution in [0.15, 0.2) is 112 Å². The first-order chi connectivity index (χ1) is 21.5. The molecule has 0 aliphatic carbocycles. The van der Waals surface area contributed by atoms with Crippen molar-refractivity contribution in [1.29, 1.82) is 0 Å². The Labute approximate surface area is 279 Å². The second-order valence-electron chi connectivity index (χ2n) is 10.9. The van der Waals surface area contributed by atoms with Crippen LogP contribution in [0.25, 0.3) is 0 Å². The SMILES string of the molecule is CC[C@H](C)NC(=O)[C@@H](Cc1ccccc1)N(Cc1ccccc1Cl)C(=O)CN(c1cccc(Br)c1)S(=O)(=O)c1ccc(C)cc1. The lowest BCUT2D eigenvalue weighted by atomic mass is 10.0. The number of hydrogen-bond acceptors (Lipinski definition) is 4. The highest BCUT2D eigenvalue weighted by atomic mass is 79.9. The Balaban J connectivity index is 1.82. The maximum atomic E-state index is 14.5. The summed E-state index contributed by atoms with van der Waals surface area (Å²) in [4.78, 5) is 29.9. The molecular weight excluding hydrogens is 674 g/mol. The molecule has 0 radical (unpaired) electrons. The highest BCUT2D eigenvalue weighted by molar-refractivity contribution is 9.10.